The fraction of sp³-hybridized carbons (Fsp3) is 0.769. The molecule has 110 valence electrons. The largest absolute Gasteiger partial charge is 0.355 e. The smallest absolute Gasteiger partial charge is 0.229 e. The Hall–Kier alpha value is -0.660. The van der Waals surface area contributed by atoms with E-state index in [-0.39, 0.29) is 17.7 Å². The summed E-state index contributed by atoms with van der Waals surface area (Å²) in [7, 11) is 0. The third kappa shape index (κ3) is 9.86. The van der Waals surface area contributed by atoms with E-state index in [9.17, 15) is 14.4 Å². The van der Waals surface area contributed by atoms with Crippen LogP contribution in [0.4, 0.5) is 0 Å². The minimum absolute atomic E-state index is 0.0455. The van der Waals surface area contributed by atoms with Crippen LogP contribution in [0.1, 0.15) is 39.5 Å². The van der Waals surface area contributed by atoms with Crippen LogP contribution in [0.15, 0.2) is 0 Å². The number of hydrogen-bond acceptors (Lipinski definition) is 3. The highest BCUT2D eigenvalue weighted by Gasteiger charge is 2.14. The van der Waals surface area contributed by atoms with Crippen LogP contribution in [0, 0.1) is 5.92 Å². The highest BCUT2D eigenvalue weighted by molar-refractivity contribution is 14.1. The topological polar surface area (TPSA) is 75.3 Å². The predicted octanol–water partition coefficient (Wildman–Crippen LogP) is 1.44. The zero-order chi connectivity index (χ0) is 14.7. The Balaban J connectivity index is 3.58. The van der Waals surface area contributed by atoms with Gasteiger partial charge in [-0.2, -0.15) is 0 Å². The fourth-order valence-corrected chi connectivity index (χ4v) is 1.75. The zero-order valence-electron chi connectivity index (χ0n) is 11.6. The molecule has 2 amide bonds. The molecular formula is C13H23IN2O3. The average molecular weight is 382 g/mol. The molecule has 0 aromatic heterocycles. The Morgan fingerprint density at radius 2 is 1.84 bits per heavy atom. The van der Waals surface area contributed by atoms with Crippen LogP contribution in [0.25, 0.3) is 0 Å². The number of carbonyl (C=O) groups excluding carboxylic acids is 3. The number of halogens is 1. The van der Waals surface area contributed by atoms with Gasteiger partial charge < -0.3 is 15.4 Å². The summed E-state index contributed by atoms with van der Waals surface area (Å²) < 4.78 is 0.475. The number of amides is 2. The number of aldehydes is 1. The van der Waals surface area contributed by atoms with E-state index in [1.54, 1.807) is 0 Å². The predicted molar refractivity (Wildman–Crippen MR) is 83.2 cm³/mol. The summed E-state index contributed by atoms with van der Waals surface area (Å²) in [5, 5.41) is 5.49. The first-order chi connectivity index (χ1) is 9.01. The first-order valence-electron chi connectivity index (χ1n) is 6.58. The molecule has 2 N–H and O–H groups in total. The van der Waals surface area contributed by atoms with Crippen LogP contribution < -0.4 is 10.6 Å². The van der Waals surface area contributed by atoms with E-state index < -0.39 is 6.04 Å². The van der Waals surface area contributed by atoms with E-state index in [2.05, 4.69) is 10.6 Å². The first-order valence-corrected chi connectivity index (χ1v) is 8.11. The number of carbonyl (C=O) groups is 3. The molecule has 5 nitrogen and oxygen atoms in total. The second kappa shape index (κ2) is 11.2. The number of hydrogen-bond donors (Lipinski definition) is 2. The molecule has 0 heterocycles. The lowest BCUT2D eigenvalue weighted by Crippen LogP contribution is -2.39. The molecule has 6 heteroatoms. The maximum absolute atomic E-state index is 11.6. The van der Waals surface area contributed by atoms with Crippen molar-refractivity contribution in [1.82, 2.24) is 10.6 Å². The fourth-order valence-electron chi connectivity index (χ4n) is 1.48. The molecule has 0 aromatic carbocycles. The Morgan fingerprint density at radius 1 is 1.16 bits per heavy atom. The zero-order valence-corrected chi connectivity index (χ0v) is 13.7. The molecule has 0 aromatic rings. The van der Waals surface area contributed by atoms with E-state index >= 15 is 0 Å². The SMILES string of the molecule is CC(C)[C@@H](C=O)NC(=O)CCCCCNC(=O)CI. The highest BCUT2D eigenvalue weighted by atomic mass is 127. The number of unbranched alkanes of at least 4 members (excludes halogenated alkanes) is 2. The van der Waals surface area contributed by atoms with Crippen LogP contribution in [-0.2, 0) is 14.4 Å². The Bertz CT molecular complexity index is 296. The maximum Gasteiger partial charge on any atom is 0.229 e. The van der Waals surface area contributed by atoms with Crippen molar-refractivity contribution >= 4 is 40.7 Å². The molecule has 19 heavy (non-hydrogen) atoms. The standard InChI is InChI=1S/C13H23IN2O3/c1-10(2)11(9-17)16-12(18)6-4-3-5-7-15-13(19)8-14/h9-11H,3-8H2,1-2H3,(H,15,19)(H,16,18)/t11-/m1/s1. The lowest BCUT2D eigenvalue weighted by Gasteiger charge is -2.15. The van der Waals surface area contributed by atoms with Gasteiger partial charge in [0.1, 0.15) is 6.29 Å². The minimum Gasteiger partial charge on any atom is -0.355 e. The molecule has 0 saturated heterocycles. The van der Waals surface area contributed by atoms with E-state index in [1.165, 1.54) is 0 Å². The van der Waals surface area contributed by atoms with Gasteiger partial charge in [-0.25, -0.2) is 0 Å². The Kier molecular flexibility index (Phi) is 10.8. The molecule has 0 radical (unpaired) electrons. The van der Waals surface area contributed by atoms with E-state index in [0.29, 0.717) is 17.4 Å². The highest BCUT2D eigenvalue weighted by Crippen LogP contribution is 2.02. The summed E-state index contributed by atoms with van der Waals surface area (Å²) in [5.74, 6) is 0.0798. The van der Waals surface area contributed by atoms with Crippen molar-refractivity contribution in [1.29, 1.82) is 0 Å². The second-order valence-electron chi connectivity index (χ2n) is 4.77. The molecule has 0 aliphatic heterocycles. The van der Waals surface area contributed by atoms with Crippen molar-refractivity contribution in [2.45, 2.75) is 45.6 Å². The van der Waals surface area contributed by atoms with Crippen LogP contribution in [0.3, 0.4) is 0 Å². The normalized spacial score (nSPS) is 12.0. The Labute approximate surface area is 128 Å². The van der Waals surface area contributed by atoms with Crippen LogP contribution in [0.2, 0.25) is 0 Å². The summed E-state index contributed by atoms with van der Waals surface area (Å²) in [6.07, 6.45) is 3.74. The molecule has 0 spiro atoms. The van der Waals surface area contributed by atoms with Crippen molar-refractivity contribution in [3.05, 3.63) is 0 Å². The third-order valence-corrected chi connectivity index (χ3v) is 3.41. The van der Waals surface area contributed by atoms with Crippen LogP contribution >= 0.6 is 22.6 Å². The quantitative estimate of drug-likeness (QED) is 0.260. The lowest BCUT2D eigenvalue weighted by molar-refractivity contribution is -0.124. The van der Waals surface area contributed by atoms with Gasteiger partial charge in [-0.05, 0) is 18.8 Å². The number of alkyl halides is 1. The second-order valence-corrected chi connectivity index (χ2v) is 5.53. The lowest BCUT2D eigenvalue weighted by atomic mass is 10.1. The van der Waals surface area contributed by atoms with E-state index in [4.69, 9.17) is 0 Å². The Morgan fingerprint density at radius 3 is 2.37 bits per heavy atom. The van der Waals surface area contributed by atoms with Gasteiger partial charge in [0.05, 0.1) is 10.5 Å². The monoisotopic (exact) mass is 382 g/mol. The first kappa shape index (κ1) is 18.3. The molecule has 0 rings (SSSR count). The molecule has 0 aliphatic carbocycles. The van der Waals surface area contributed by atoms with E-state index in [0.717, 1.165) is 25.5 Å². The summed E-state index contributed by atoms with van der Waals surface area (Å²) >= 11 is 2.02. The number of rotatable bonds is 10. The minimum atomic E-state index is -0.393. The van der Waals surface area contributed by atoms with Gasteiger partial charge in [-0.3, -0.25) is 9.59 Å². The molecule has 0 bridgehead atoms. The summed E-state index contributed by atoms with van der Waals surface area (Å²) in [5.41, 5.74) is 0. The van der Waals surface area contributed by atoms with Crippen LogP contribution in [-0.4, -0.2) is 35.1 Å². The molecule has 0 fully saturated rings. The van der Waals surface area contributed by atoms with Gasteiger partial charge in [-0.15, -0.1) is 0 Å². The maximum atomic E-state index is 11.6. The molecule has 0 unspecified atom stereocenters. The van der Waals surface area contributed by atoms with Crippen molar-refractivity contribution in [2.24, 2.45) is 5.92 Å². The van der Waals surface area contributed by atoms with Gasteiger partial charge in [0.15, 0.2) is 0 Å². The van der Waals surface area contributed by atoms with E-state index in [1.807, 2.05) is 36.4 Å². The number of nitrogens with one attached hydrogen (secondary N) is 2. The van der Waals surface area contributed by atoms with Crippen molar-refractivity contribution in [3.8, 4) is 0 Å². The van der Waals surface area contributed by atoms with Crippen molar-refractivity contribution in [2.75, 3.05) is 11.0 Å². The summed E-state index contributed by atoms with van der Waals surface area (Å²) in [6, 6.07) is -0.393. The van der Waals surface area contributed by atoms with Gasteiger partial charge in [0, 0.05) is 13.0 Å². The molecular weight excluding hydrogens is 359 g/mol. The third-order valence-electron chi connectivity index (χ3n) is 2.72. The molecule has 0 aliphatic rings. The molecule has 1 atom stereocenters. The van der Waals surface area contributed by atoms with Gasteiger partial charge in [0.25, 0.3) is 0 Å². The molecule has 0 saturated carbocycles. The summed E-state index contributed by atoms with van der Waals surface area (Å²) in [6.45, 7) is 4.46. The van der Waals surface area contributed by atoms with Crippen molar-refractivity contribution < 1.29 is 14.4 Å². The van der Waals surface area contributed by atoms with Crippen LogP contribution in [0.5, 0.6) is 0 Å². The van der Waals surface area contributed by atoms with Crippen molar-refractivity contribution in [3.63, 3.8) is 0 Å². The van der Waals surface area contributed by atoms with Gasteiger partial charge >= 0.3 is 0 Å². The van der Waals surface area contributed by atoms with Gasteiger partial charge in [-0.1, -0.05) is 42.9 Å². The van der Waals surface area contributed by atoms with Gasteiger partial charge in [0.2, 0.25) is 11.8 Å². The summed E-state index contributed by atoms with van der Waals surface area (Å²) in [4.78, 5) is 33.3. The average Bonchev–Trinajstić information content (AvgIpc) is 2.39.